The summed E-state index contributed by atoms with van der Waals surface area (Å²) in [7, 11) is 0. The first-order chi connectivity index (χ1) is 9.49. The van der Waals surface area contributed by atoms with Gasteiger partial charge in [0.15, 0.2) is 0 Å². The Morgan fingerprint density at radius 2 is 2.20 bits per heavy atom. The van der Waals surface area contributed by atoms with Crippen LogP contribution in [0.25, 0.3) is 0 Å². The van der Waals surface area contributed by atoms with Gasteiger partial charge in [-0.3, -0.25) is 0 Å². The van der Waals surface area contributed by atoms with Gasteiger partial charge in [-0.2, -0.15) is 5.26 Å². The maximum absolute atomic E-state index is 12.0. The minimum absolute atomic E-state index is 0.0813. The molecule has 0 fully saturated rings. The summed E-state index contributed by atoms with van der Waals surface area (Å²) in [6.45, 7) is 2.48. The number of nitriles is 1. The molecule has 0 atom stereocenters. The van der Waals surface area contributed by atoms with Crippen LogP contribution in [0, 0.1) is 11.3 Å². The Morgan fingerprint density at radius 3 is 2.75 bits per heavy atom. The molecule has 0 saturated carbocycles. The molecule has 0 spiro atoms. The average Bonchev–Trinajstić information content (AvgIpc) is 2.41. The quantitative estimate of drug-likeness (QED) is 0.873. The van der Waals surface area contributed by atoms with E-state index in [4.69, 9.17) is 22.0 Å². The Hall–Kier alpha value is -2.26. The highest BCUT2D eigenvalue weighted by Gasteiger charge is 2.16. The van der Waals surface area contributed by atoms with Crippen molar-refractivity contribution in [1.29, 1.82) is 5.26 Å². The van der Waals surface area contributed by atoms with E-state index < -0.39 is 12.0 Å². The molecule has 0 aliphatic rings. The van der Waals surface area contributed by atoms with E-state index in [0.717, 1.165) is 0 Å². The topological polar surface area (TPSA) is 93.4 Å². The molecule has 7 heteroatoms. The van der Waals surface area contributed by atoms with Crippen LogP contribution >= 0.6 is 11.6 Å². The lowest BCUT2D eigenvalue weighted by Gasteiger charge is -2.20. The van der Waals surface area contributed by atoms with E-state index in [1.165, 1.54) is 23.1 Å². The number of anilines is 1. The standard InChI is InChI=1S/C13H14ClN3O3/c1-2-17(7-3-6-15)13(20)16-11-5-4-9(14)8-10(11)12(18)19/h4-5,8H,2-3,7H2,1H3,(H,16,20)(H,18,19). The lowest BCUT2D eigenvalue weighted by molar-refractivity contribution is 0.0698. The van der Waals surface area contributed by atoms with Gasteiger partial charge in [0.05, 0.1) is 23.7 Å². The summed E-state index contributed by atoms with van der Waals surface area (Å²) in [5.41, 5.74) is 0.0875. The largest absolute Gasteiger partial charge is 0.478 e. The molecule has 1 aromatic rings. The van der Waals surface area contributed by atoms with E-state index in [-0.39, 0.29) is 29.2 Å². The number of rotatable bonds is 5. The van der Waals surface area contributed by atoms with Crippen LogP contribution in [-0.2, 0) is 0 Å². The van der Waals surface area contributed by atoms with E-state index >= 15 is 0 Å². The van der Waals surface area contributed by atoms with Crippen LogP contribution in [0.4, 0.5) is 10.5 Å². The molecule has 0 aliphatic heterocycles. The molecule has 0 radical (unpaired) electrons. The second-order valence-electron chi connectivity index (χ2n) is 3.91. The first-order valence-electron chi connectivity index (χ1n) is 5.95. The summed E-state index contributed by atoms with van der Waals surface area (Å²) >= 11 is 5.73. The number of hydrogen-bond donors (Lipinski definition) is 2. The van der Waals surface area contributed by atoms with Gasteiger partial charge < -0.3 is 15.3 Å². The summed E-state index contributed by atoms with van der Waals surface area (Å²) in [5, 5.41) is 20.4. The second kappa shape index (κ2) is 7.36. The number of hydrogen-bond acceptors (Lipinski definition) is 3. The fraction of sp³-hybridized carbons (Fsp3) is 0.308. The number of nitrogens with zero attached hydrogens (tertiary/aromatic N) is 2. The highest BCUT2D eigenvalue weighted by atomic mass is 35.5. The highest BCUT2D eigenvalue weighted by molar-refractivity contribution is 6.31. The Bertz CT molecular complexity index is 554. The number of benzene rings is 1. The van der Waals surface area contributed by atoms with Crippen molar-refractivity contribution in [3.05, 3.63) is 28.8 Å². The van der Waals surface area contributed by atoms with Crippen molar-refractivity contribution in [2.24, 2.45) is 0 Å². The summed E-state index contributed by atoms with van der Waals surface area (Å²) in [6.07, 6.45) is 0.216. The van der Waals surface area contributed by atoms with E-state index in [1.807, 2.05) is 6.07 Å². The summed E-state index contributed by atoms with van der Waals surface area (Å²) in [4.78, 5) is 24.5. The van der Waals surface area contributed by atoms with Gasteiger partial charge in [0.1, 0.15) is 0 Å². The van der Waals surface area contributed by atoms with Crippen LogP contribution in [0.5, 0.6) is 0 Å². The van der Waals surface area contributed by atoms with Gasteiger partial charge in [-0.1, -0.05) is 11.6 Å². The van der Waals surface area contributed by atoms with E-state index in [9.17, 15) is 9.59 Å². The molecule has 0 aromatic heterocycles. The minimum atomic E-state index is -1.18. The fourth-order valence-electron chi connectivity index (χ4n) is 1.58. The predicted molar refractivity (Wildman–Crippen MR) is 74.9 cm³/mol. The van der Waals surface area contributed by atoms with Crippen LogP contribution in [0.1, 0.15) is 23.7 Å². The first-order valence-corrected chi connectivity index (χ1v) is 6.33. The molecular weight excluding hydrogens is 282 g/mol. The Balaban J connectivity index is 2.90. The van der Waals surface area contributed by atoms with Crippen LogP contribution in [-0.4, -0.2) is 35.1 Å². The van der Waals surface area contributed by atoms with Crippen molar-refractivity contribution < 1.29 is 14.7 Å². The van der Waals surface area contributed by atoms with E-state index in [2.05, 4.69) is 5.32 Å². The first kappa shape index (κ1) is 15.8. The van der Waals surface area contributed by atoms with Gasteiger partial charge in [-0.05, 0) is 25.1 Å². The number of carbonyl (C=O) groups is 2. The monoisotopic (exact) mass is 295 g/mol. The van der Waals surface area contributed by atoms with Crippen molar-refractivity contribution in [2.75, 3.05) is 18.4 Å². The third kappa shape index (κ3) is 4.14. The molecule has 2 amide bonds. The molecule has 0 heterocycles. The van der Waals surface area contributed by atoms with Gasteiger partial charge in [0.2, 0.25) is 0 Å². The number of amides is 2. The van der Waals surface area contributed by atoms with Crippen LogP contribution in [0.15, 0.2) is 18.2 Å². The van der Waals surface area contributed by atoms with Crippen LogP contribution in [0.3, 0.4) is 0 Å². The third-order valence-electron chi connectivity index (χ3n) is 2.62. The van der Waals surface area contributed by atoms with Gasteiger partial charge in [-0.15, -0.1) is 0 Å². The maximum Gasteiger partial charge on any atom is 0.337 e. The Labute approximate surface area is 121 Å². The minimum Gasteiger partial charge on any atom is -0.478 e. The molecule has 0 saturated heterocycles. The van der Waals surface area contributed by atoms with E-state index in [1.54, 1.807) is 6.92 Å². The van der Waals surface area contributed by atoms with E-state index in [0.29, 0.717) is 6.54 Å². The van der Waals surface area contributed by atoms with Crippen molar-refractivity contribution in [2.45, 2.75) is 13.3 Å². The smallest absolute Gasteiger partial charge is 0.337 e. The van der Waals surface area contributed by atoms with Gasteiger partial charge in [0.25, 0.3) is 0 Å². The van der Waals surface area contributed by atoms with Crippen LogP contribution < -0.4 is 5.32 Å². The summed E-state index contributed by atoms with van der Waals surface area (Å²) in [5.74, 6) is -1.18. The SMILES string of the molecule is CCN(CCC#N)C(=O)Nc1ccc(Cl)cc1C(=O)O. The Morgan fingerprint density at radius 1 is 1.50 bits per heavy atom. The zero-order valence-electron chi connectivity index (χ0n) is 10.9. The number of carbonyl (C=O) groups excluding carboxylic acids is 1. The zero-order chi connectivity index (χ0) is 15.1. The highest BCUT2D eigenvalue weighted by Crippen LogP contribution is 2.21. The Kier molecular flexibility index (Phi) is 5.81. The second-order valence-corrected chi connectivity index (χ2v) is 4.35. The molecule has 106 valence electrons. The third-order valence-corrected chi connectivity index (χ3v) is 2.85. The lowest BCUT2D eigenvalue weighted by atomic mass is 10.2. The average molecular weight is 296 g/mol. The fourth-order valence-corrected chi connectivity index (χ4v) is 1.76. The number of halogens is 1. The molecule has 0 aliphatic carbocycles. The number of aromatic carboxylic acids is 1. The molecule has 1 rings (SSSR count). The van der Waals surface area contributed by atoms with Crippen molar-refractivity contribution in [3.8, 4) is 6.07 Å². The molecule has 0 unspecified atom stereocenters. The number of carboxylic acid groups (broad SMARTS) is 1. The molecule has 20 heavy (non-hydrogen) atoms. The molecule has 1 aromatic carbocycles. The van der Waals surface area contributed by atoms with Crippen molar-refractivity contribution in [1.82, 2.24) is 4.90 Å². The zero-order valence-corrected chi connectivity index (χ0v) is 11.6. The molecule has 2 N–H and O–H groups in total. The number of urea groups is 1. The predicted octanol–water partition coefficient (Wildman–Crippen LogP) is 2.81. The summed E-state index contributed by atoms with van der Waals surface area (Å²) in [6, 6.07) is 5.70. The maximum atomic E-state index is 12.0. The molecular formula is C13H14ClN3O3. The van der Waals surface area contributed by atoms with Crippen molar-refractivity contribution >= 4 is 29.3 Å². The number of nitrogens with one attached hydrogen (secondary N) is 1. The lowest BCUT2D eigenvalue weighted by Crippen LogP contribution is -2.35. The van der Waals surface area contributed by atoms with Crippen molar-refractivity contribution in [3.63, 3.8) is 0 Å². The normalized spacial score (nSPS) is 9.65. The van der Waals surface area contributed by atoms with Gasteiger partial charge in [-0.25, -0.2) is 9.59 Å². The summed E-state index contributed by atoms with van der Waals surface area (Å²) < 4.78 is 0. The van der Waals surface area contributed by atoms with Gasteiger partial charge >= 0.3 is 12.0 Å². The number of carboxylic acids is 1. The molecule has 0 bridgehead atoms. The van der Waals surface area contributed by atoms with Gasteiger partial charge in [0, 0.05) is 18.1 Å². The molecule has 6 nitrogen and oxygen atoms in total. The van der Waals surface area contributed by atoms with Crippen LogP contribution in [0.2, 0.25) is 5.02 Å².